The molecule has 1 aliphatic rings. The summed E-state index contributed by atoms with van der Waals surface area (Å²) >= 11 is 0. The van der Waals surface area contributed by atoms with Crippen LogP contribution in [0.1, 0.15) is 67.6 Å². The van der Waals surface area contributed by atoms with E-state index in [1.54, 1.807) is 4.90 Å². The molecule has 0 aromatic heterocycles. The highest BCUT2D eigenvalue weighted by atomic mass is 16.6. The average Bonchev–Trinajstić information content (AvgIpc) is 2.96. The molecular weight excluding hydrogens is 338 g/mol. The molecule has 4 nitrogen and oxygen atoms in total. The molecule has 3 rings (SSSR count). The molecular formula is C23H27NO3. The molecule has 1 atom stereocenters. The zero-order valence-electron chi connectivity index (χ0n) is 16.7. The van der Waals surface area contributed by atoms with E-state index in [-0.39, 0.29) is 17.8 Å². The van der Waals surface area contributed by atoms with E-state index in [1.807, 2.05) is 64.1 Å². The number of anilines is 1. The van der Waals surface area contributed by atoms with E-state index in [0.717, 1.165) is 28.8 Å². The second-order valence-corrected chi connectivity index (χ2v) is 8.08. The van der Waals surface area contributed by atoms with Gasteiger partial charge in [-0.2, -0.15) is 0 Å². The lowest BCUT2D eigenvalue weighted by atomic mass is 10.0. The van der Waals surface area contributed by atoms with Gasteiger partial charge >= 0.3 is 5.97 Å². The second-order valence-electron chi connectivity index (χ2n) is 8.08. The fourth-order valence-electron chi connectivity index (χ4n) is 3.25. The number of rotatable bonds is 4. The highest BCUT2D eigenvalue weighted by molar-refractivity contribution is 6.10. The predicted molar refractivity (Wildman–Crippen MR) is 107 cm³/mol. The molecule has 1 heterocycles. The van der Waals surface area contributed by atoms with Crippen molar-refractivity contribution in [2.24, 2.45) is 0 Å². The van der Waals surface area contributed by atoms with Gasteiger partial charge in [-0.25, -0.2) is 0 Å². The third-order valence-electron chi connectivity index (χ3n) is 4.85. The Morgan fingerprint density at radius 1 is 1.15 bits per heavy atom. The van der Waals surface area contributed by atoms with Gasteiger partial charge in [0, 0.05) is 11.3 Å². The molecule has 1 amide bonds. The quantitative estimate of drug-likeness (QED) is 0.727. The molecule has 0 aliphatic carbocycles. The van der Waals surface area contributed by atoms with Gasteiger partial charge in [-0.15, -0.1) is 0 Å². The third kappa shape index (κ3) is 4.05. The van der Waals surface area contributed by atoms with Crippen molar-refractivity contribution in [2.45, 2.75) is 59.1 Å². The Morgan fingerprint density at radius 3 is 2.41 bits per heavy atom. The van der Waals surface area contributed by atoms with Crippen LogP contribution < -0.4 is 4.90 Å². The molecule has 0 N–H and O–H groups in total. The number of nitrogens with zero attached hydrogens (tertiary/aromatic N) is 1. The van der Waals surface area contributed by atoms with Gasteiger partial charge in [0.25, 0.3) is 5.91 Å². The topological polar surface area (TPSA) is 46.6 Å². The van der Waals surface area contributed by atoms with Crippen molar-refractivity contribution in [3.8, 4) is 0 Å². The van der Waals surface area contributed by atoms with Gasteiger partial charge in [0.1, 0.15) is 5.60 Å². The van der Waals surface area contributed by atoms with Gasteiger partial charge in [0.15, 0.2) is 0 Å². The van der Waals surface area contributed by atoms with Crippen molar-refractivity contribution in [3.05, 3.63) is 64.7 Å². The van der Waals surface area contributed by atoms with Crippen molar-refractivity contribution in [2.75, 3.05) is 4.90 Å². The Balaban J connectivity index is 1.76. The second kappa shape index (κ2) is 7.18. The van der Waals surface area contributed by atoms with Crippen molar-refractivity contribution >= 4 is 17.6 Å². The molecule has 2 aromatic rings. The molecule has 142 valence electrons. The SMILES string of the molecule is CCc1ccc2c(c1)C(=O)N(c1ccc(C(C)C(=O)OC(C)(C)C)cc1)C2. The van der Waals surface area contributed by atoms with E-state index < -0.39 is 5.60 Å². The van der Waals surface area contributed by atoms with Crippen molar-refractivity contribution < 1.29 is 14.3 Å². The summed E-state index contributed by atoms with van der Waals surface area (Å²) < 4.78 is 5.46. The van der Waals surface area contributed by atoms with Gasteiger partial charge in [0.2, 0.25) is 0 Å². The summed E-state index contributed by atoms with van der Waals surface area (Å²) in [7, 11) is 0. The first kappa shape index (κ1) is 19.2. The van der Waals surface area contributed by atoms with E-state index >= 15 is 0 Å². The summed E-state index contributed by atoms with van der Waals surface area (Å²) in [6, 6.07) is 13.7. The molecule has 0 saturated heterocycles. The normalized spacial score (nSPS) is 14.9. The fraction of sp³-hybridized carbons (Fsp3) is 0.391. The Morgan fingerprint density at radius 2 is 1.81 bits per heavy atom. The van der Waals surface area contributed by atoms with Crippen LogP contribution in [0.2, 0.25) is 0 Å². The van der Waals surface area contributed by atoms with Crippen LogP contribution in [0, 0.1) is 0 Å². The van der Waals surface area contributed by atoms with Crippen LogP contribution in [-0.4, -0.2) is 17.5 Å². The number of hydrogen-bond donors (Lipinski definition) is 0. The highest BCUT2D eigenvalue weighted by Gasteiger charge is 2.29. The molecule has 0 bridgehead atoms. The van der Waals surface area contributed by atoms with Crippen LogP contribution in [0.25, 0.3) is 0 Å². The minimum absolute atomic E-state index is 0.0354. The first-order chi connectivity index (χ1) is 12.7. The summed E-state index contributed by atoms with van der Waals surface area (Å²) in [4.78, 5) is 26.9. The van der Waals surface area contributed by atoms with E-state index in [1.165, 1.54) is 5.56 Å². The monoisotopic (exact) mass is 365 g/mol. The maximum Gasteiger partial charge on any atom is 0.313 e. The number of carbonyl (C=O) groups excluding carboxylic acids is 2. The largest absolute Gasteiger partial charge is 0.460 e. The van der Waals surface area contributed by atoms with Crippen molar-refractivity contribution in [1.29, 1.82) is 0 Å². The van der Waals surface area contributed by atoms with E-state index in [2.05, 4.69) is 13.0 Å². The summed E-state index contributed by atoms with van der Waals surface area (Å²) in [5, 5.41) is 0. The third-order valence-corrected chi connectivity index (χ3v) is 4.85. The van der Waals surface area contributed by atoms with Crippen LogP contribution in [-0.2, 0) is 22.5 Å². The number of aryl methyl sites for hydroxylation is 1. The Labute approximate surface area is 161 Å². The zero-order valence-corrected chi connectivity index (χ0v) is 16.7. The van der Waals surface area contributed by atoms with Crippen LogP contribution in [0.15, 0.2) is 42.5 Å². The number of benzene rings is 2. The maximum atomic E-state index is 12.8. The number of amides is 1. The molecule has 1 unspecified atom stereocenters. The number of esters is 1. The van der Waals surface area contributed by atoms with Crippen LogP contribution in [0.5, 0.6) is 0 Å². The highest BCUT2D eigenvalue weighted by Crippen LogP contribution is 2.30. The van der Waals surface area contributed by atoms with Gasteiger partial charge < -0.3 is 9.64 Å². The van der Waals surface area contributed by atoms with Gasteiger partial charge in [-0.05, 0) is 69.0 Å². The lowest BCUT2D eigenvalue weighted by molar-refractivity contribution is -0.156. The minimum atomic E-state index is -0.504. The standard InChI is InChI=1S/C23H27NO3/c1-6-16-7-8-18-14-24(21(25)20(18)13-16)19-11-9-17(10-12-19)15(2)22(26)27-23(3,4)5/h7-13,15H,6,14H2,1-5H3. The number of fused-ring (bicyclic) bond motifs is 1. The molecule has 2 aromatic carbocycles. The van der Waals surface area contributed by atoms with E-state index in [9.17, 15) is 9.59 Å². The lowest BCUT2D eigenvalue weighted by Crippen LogP contribution is -2.27. The van der Waals surface area contributed by atoms with Crippen LogP contribution in [0.4, 0.5) is 5.69 Å². The van der Waals surface area contributed by atoms with Crippen molar-refractivity contribution in [1.82, 2.24) is 0 Å². The molecule has 0 radical (unpaired) electrons. The molecule has 27 heavy (non-hydrogen) atoms. The summed E-state index contributed by atoms with van der Waals surface area (Å²) in [6.07, 6.45) is 0.914. The number of carbonyl (C=O) groups is 2. The smallest absolute Gasteiger partial charge is 0.313 e. The Bertz CT molecular complexity index is 862. The molecule has 0 fully saturated rings. The molecule has 1 aliphatic heterocycles. The van der Waals surface area contributed by atoms with Crippen LogP contribution >= 0.6 is 0 Å². The molecule has 0 spiro atoms. The van der Waals surface area contributed by atoms with Crippen molar-refractivity contribution in [3.63, 3.8) is 0 Å². The van der Waals surface area contributed by atoms with Gasteiger partial charge in [-0.3, -0.25) is 9.59 Å². The number of hydrogen-bond acceptors (Lipinski definition) is 3. The number of ether oxygens (including phenoxy) is 1. The summed E-state index contributed by atoms with van der Waals surface area (Å²) in [6.45, 7) is 10.1. The van der Waals surface area contributed by atoms with E-state index in [0.29, 0.717) is 6.54 Å². The lowest BCUT2D eigenvalue weighted by Gasteiger charge is -2.23. The summed E-state index contributed by atoms with van der Waals surface area (Å²) in [5.74, 6) is -0.558. The first-order valence-corrected chi connectivity index (χ1v) is 9.46. The molecule has 4 heteroatoms. The van der Waals surface area contributed by atoms with Gasteiger partial charge in [0.05, 0.1) is 12.5 Å². The molecule has 0 saturated carbocycles. The Hall–Kier alpha value is -2.62. The maximum absolute atomic E-state index is 12.8. The zero-order chi connectivity index (χ0) is 19.8. The minimum Gasteiger partial charge on any atom is -0.460 e. The van der Waals surface area contributed by atoms with Gasteiger partial charge in [-0.1, -0.05) is 31.2 Å². The average molecular weight is 365 g/mol. The first-order valence-electron chi connectivity index (χ1n) is 9.46. The van der Waals surface area contributed by atoms with E-state index in [4.69, 9.17) is 4.74 Å². The fourth-order valence-corrected chi connectivity index (χ4v) is 3.25. The van der Waals surface area contributed by atoms with Crippen LogP contribution in [0.3, 0.4) is 0 Å². The predicted octanol–water partition coefficient (Wildman–Crippen LogP) is 4.85. The Kier molecular flexibility index (Phi) is 5.09. The summed E-state index contributed by atoms with van der Waals surface area (Å²) in [5.41, 5.74) is 4.24.